The van der Waals surface area contributed by atoms with E-state index in [1.54, 1.807) is 0 Å². The van der Waals surface area contributed by atoms with Gasteiger partial charge >= 0.3 is 0 Å². The summed E-state index contributed by atoms with van der Waals surface area (Å²) in [6, 6.07) is 1.73. The second-order valence-electron chi connectivity index (χ2n) is 7.38. The first-order valence-corrected chi connectivity index (χ1v) is 9.17. The van der Waals surface area contributed by atoms with Gasteiger partial charge in [0.25, 0.3) is 0 Å². The van der Waals surface area contributed by atoms with Gasteiger partial charge in [-0.2, -0.15) is 0 Å². The van der Waals surface area contributed by atoms with Gasteiger partial charge in [0.1, 0.15) is 0 Å². The van der Waals surface area contributed by atoms with E-state index in [0.29, 0.717) is 6.10 Å². The van der Waals surface area contributed by atoms with Crippen LogP contribution in [-0.4, -0.2) is 36.7 Å². The fourth-order valence-electron chi connectivity index (χ4n) is 5.04. The molecule has 0 N–H and O–H groups in total. The molecule has 1 saturated heterocycles. The van der Waals surface area contributed by atoms with Gasteiger partial charge in [-0.05, 0) is 44.4 Å². The van der Waals surface area contributed by atoms with Gasteiger partial charge in [-0.1, -0.05) is 38.5 Å². The molecule has 0 amide bonds. The molecule has 0 bridgehead atoms. The first-order chi connectivity index (χ1) is 9.88. The zero-order valence-electron chi connectivity index (χ0n) is 13.4. The Morgan fingerprint density at radius 3 is 2.10 bits per heavy atom. The molecular formula is C18H33NO. The van der Waals surface area contributed by atoms with E-state index in [-0.39, 0.29) is 0 Å². The standard InChI is InChI=1S/C18H33NO/c1-20-17-12-13-19(16-10-6-3-7-11-16)18(14-17)15-8-4-2-5-9-15/h15-18H,2-14H2,1H3. The molecule has 2 aliphatic carbocycles. The summed E-state index contributed by atoms with van der Waals surface area (Å²) in [5.41, 5.74) is 0. The van der Waals surface area contributed by atoms with Crippen LogP contribution in [-0.2, 0) is 4.74 Å². The number of methoxy groups -OCH3 is 1. The van der Waals surface area contributed by atoms with Gasteiger partial charge in [0.2, 0.25) is 0 Å². The lowest BCUT2D eigenvalue weighted by Gasteiger charge is -2.48. The van der Waals surface area contributed by atoms with Crippen LogP contribution in [0, 0.1) is 5.92 Å². The van der Waals surface area contributed by atoms with E-state index in [9.17, 15) is 0 Å². The third kappa shape index (κ3) is 3.39. The van der Waals surface area contributed by atoms with Crippen molar-refractivity contribution in [2.75, 3.05) is 13.7 Å². The molecule has 0 aromatic carbocycles. The van der Waals surface area contributed by atoms with Crippen molar-refractivity contribution in [2.24, 2.45) is 5.92 Å². The number of piperidine rings is 1. The maximum atomic E-state index is 5.72. The Labute approximate surface area is 125 Å². The monoisotopic (exact) mass is 279 g/mol. The van der Waals surface area contributed by atoms with E-state index < -0.39 is 0 Å². The maximum Gasteiger partial charge on any atom is 0.0598 e. The number of nitrogens with zero attached hydrogens (tertiary/aromatic N) is 1. The van der Waals surface area contributed by atoms with Gasteiger partial charge in [0.15, 0.2) is 0 Å². The highest BCUT2D eigenvalue weighted by Crippen LogP contribution is 2.37. The minimum Gasteiger partial charge on any atom is -0.381 e. The molecule has 20 heavy (non-hydrogen) atoms. The summed E-state index contributed by atoms with van der Waals surface area (Å²) in [5.74, 6) is 0.962. The largest absolute Gasteiger partial charge is 0.381 e. The predicted molar refractivity (Wildman–Crippen MR) is 84.0 cm³/mol. The van der Waals surface area contributed by atoms with Crippen LogP contribution in [0.4, 0.5) is 0 Å². The summed E-state index contributed by atoms with van der Waals surface area (Å²) in [6.45, 7) is 1.30. The third-order valence-corrected chi connectivity index (χ3v) is 6.21. The van der Waals surface area contributed by atoms with E-state index in [2.05, 4.69) is 4.90 Å². The van der Waals surface area contributed by atoms with Crippen molar-refractivity contribution in [2.45, 2.75) is 95.2 Å². The number of likely N-dealkylation sites (tertiary alicyclic amines) is 1. The zero-order chi connectivity index (χ0) is 13.8. The Bertz CT molecular complexity index is 281. The van der Waals surface area contributed by atoms with Crippen molar-refractivity contribution in [1.82, 2.24) is 4.90 Å². The number of hydrogen-bond donors (Lipinski definition) is 0. The van der Waals surface area contributed by atoms with E-state index in [0.717, 1.165) is 18.0 Å². The first-order valence-electron chi connectivity index (χ1n) is 9.17. The number of hydrogen-bond acceptors (Lipinski definition) is 2. The van der Waals surface area contributed by atoms with Crippen LogP contribution in [0.3, 0.4) is 0 Å². The topological polar surface area (TPSA) is 12.5 Å². The molecule has 0 aromatic rings. The Kier molecular flexibility index (Phi) is 5.39. The van der Waals surface area contributed by atoms with Crippen LogP contribution in [0.25, 0.3) is 0 Å². The Balaban J connectivity index is 1.68. The van der Waals surface area contributed by atoms with E-state index in [1.165, 1.54) is 83.6 Å². The van der Waals surface area contributed by atoms with Gasteiger partial charge in [-0.25, -0.2) is 0 Å². The lowest BCUT2D eigenvalue weighted by Crippen LogP contribution is -2.53. The highest BCUT2D eigenvalue weighted by molar-refractivity contribution is 4.92. The minimum absolute atomic E-state index is 0.529. The molecule has 3 fully saturated rings. The molecule has 2 nitrogen and oxygen atoms in total. The molecule has 2 heteroatoms. The van der Waals surface area contributed by atoms with Crippen LogP contribution in [0.5, 0.6) is 0 Å². The summed E-state index contributed by atoms with van der Waals surface area (Å²) in [4.78, 5) is 2.94. The molecule has 3 rings (SSSR count). The van der Waals surface area contributed by atoms with Crippen molar-refractivity contribution in [3.05, 3.63) is 0 Å². The molecule has 0 aromatic heterocycles. The van der Waals surface area contributed by atoms with Crippen LogP contribution in [0.15, 0.2) is 0 Å². The smallest absolute Gasteiger partial charge is 0.0598 e. The van der Waals surface area contributed by atoms with Crippen molar-refractivity contribution >= 4 is 0 Å². The number of ether oxygens (including phenoxy) is 1. The average molecular weight is 279 g/mol. The fraction of sp³-hybridized carbons (Fsp3) is 1.00. The van der Waals surface area contributed by atoms with Crippen molar-refractivity contribution in [1.29, 1.82) is 0 Å². The number of rotatable bonds is 3. The summed E-state index contributed by atoms with van der Waals surface area (Å²) in [6.07, 6.45) is 17.8. The second kappa shape index (κ2) is 7.26. The zero-order valence-corrected chi connectivity index (χ0v) is 13.4. The summed E-state index contributed by atoms with van der Waals surface area (Å²) < 4.78 is 5.72. The fourth-order valence-corrected chi connectivity index (χ4v) is 5.04. The lowest BCUT2D eigenvalue weighted by molar-refractivity contribution is -0.0380. The Morgan fingerprint density at radius 2 is 1.45 bits per heavy atom. The van der Waals surface area contributed by atoms with Crippen molar-refractivity contribution in [3.63, 3.8) is 0 Å². The second-order valence-corrected chi connectivity index (χ2v) is 7.38. The molecule has 116 valence electrons. The highest BCUT2D eigenvalue weighted by Gasteiger charge is 2.37. The summed E-state index contributed by atoms with van der Waals surface area (Å²) in [7, 11) is 1.92. The first kappa shape index (κ1) is 14.8. The van der Waals surface area contributed by atoms with Gasteiger partial charge in [-0.15, -0.1) is 0 Å². The van der Waals surface area contributed by atoms with Gasteiger partial charge in [-0.3, -0.25) is 4.90 Å². The molecule has 2 saturated carbocycles. The molecule has 2 unspecified atom stereocenters. The lowest BCUT2D eigenvalue weighted by atomic mass is 9.77. The summed E-state index contributed by atoms with van der Waals surface area (Å²) >= 11 is 0. The minimum atomic E-state index is 0.529. The highest BCUT2D eigenvalue weighted by atomic mass is 16.5. The quantitative estimate of drug-likeness (QED) is 0.760. The maximum absolute atomic E-state index is 5.72. The van der Waals surface area contributed by atoms with E-state index in [1.807, 2.05) is 7.11 Å². The third-order valence-electron chi connectivity index (χ3n) is 6.21. The molecule has 0 radical (unpaired) electrons. The molecule has 0 spiro atoms. The Morgan fingerprint density at radius 1 is 0.800 bits per heavy atom. The van der Waals surface area contributed by atoms with Crippen LogP contribution in [0.2, 0.25) is 0 Å². The molecule has 2 atom stereocenters. The van der Waals surface area contributed by atoms with E-state index in [4.69, 9.17) is 4.74 Å². The van der Waals surface area contributed by atoms with Gasteiger partial charge in [0.05, 0.1) is 6.10 Å². The molecular weight excluding hydrogens is 246 g/mol. The van der Waals surface area contributed by atoms with E-state index >= 15 is 0 Å². The average Bonchev–Trinajstić information content (AvgIpc) is 2.56. The summed E-state index contributed by atoms with van der Waals surface area (Å²) in [5, 5.41) is 0. The van der Waals surface area contributed by atoms with Crippen molar-refractivity contribution < 1.29 is 4.74 Å². The van der Waals surface area contributed by atoms with Crippen LogP contribution in [0.1, 0.15) is 77.0 Å². The van der Waals surface area contributed by atoms with Crippen LogP contribution < -0.4 is 0 Å². The normalized spacial score (nSPS) is 35.2. The van der Waals surface area contributed by atoms with Gasteiger partial charge < -0.3 is 4.74 Å². The van der Waals surface area contributed by atoms with Crippen molar-refractivity contribution in [3.8, 4) is 0 Å². The SMILES string of the molecule is COC1CCN(C2CCCCC2)C(C2CCCCC2)C1. The predicted octanol–water partition coefficient (Wildman–Crippen LogP) is 4.38. The molecule has 1 aliphatic heterocycles. The molecule has 3 aliphatic rings. The molecule has 1 heterocycles. The van der Waals surface area contributed by atoms with Gasteiger partial charge in [0, 0.05) is 25.7 Å². The van der Waals surface area contributed by atoms with Crippen LogP contribution >= 0.6 is 0 Å². The Hall–Kier alpha value is -0.0800.